The van der Waals surface area contributed by atoms with E-state index in [1.54, 1.807) is 0 Å². The van der Waals surface area contributed by atoms with Crippen LogP contribution in [0.15, 0.2) is 57.5 Å². The molecule has 8 heteroatoms. The van der Waals surface area contributed by atoms with Gasteiger partial charge in [-0.2, -0.15) is 0 Å². The molecule has 4 nitrogen and oxygen atoms in total. The summed E-state index contributed by atoms with van der Waals surface area (Å²) in [5, 5.41) is 2.91. The molecule has 0 radical (unpaired) electrons. The van der Waals surface area contributed by atoms with Crippen LogP contribution < -0.4 is 21.2 Å². The second-order valence-corrected chi connectivity index (χ2v) is 12.7. The van der Waals surface area contributed by atoms with Crippen molar-refractivity contribution in [2.45, 2.75) is 27.7 Å². The van der Waals surface area contributed by atoms with Gasteiger partial charge in [0.1, 0.15) is 0 Å². The number of hydrogen-bond acceptors (Lipinski definition) is 2. The molecule has 0 bridgehead atoms. The number of nitrogens with zero attached hydrogens (tertiary/aromatic N) is 2. The van der Waals surface area contributed by atoms with Crippen LogP contribution in [0.5, 0.6) is 0 Å². The van der Waals surface area contributed by atoms with Crippen LogP contribution in [-0.2, 0) is 9.13 Å². The van der Waals surface area contributed by atoms with E-state index in [0.717, 1.165) is 64.3 Å². The molecule has 4 aromatic rings. The highest BCUT2D eigenvalue weighted by Crippen LogP contribution is 2.40. The molecule has 160 valence electrons. The first-order valence-electron chi connectivity index (χ1n) is 10.1. The number of aromatic nitrogens is 2. The van der Waals surface area contributed by atoms with Crippen molar-refractivity contribution < 1.29 is 9.13 Å². The number of rotatable bonds is 2. The Labute approximate surface area is 205 Å². The SMILES string of the molecule is Cc1c2c(c(C)n1-c1ccc(Br)cc1)[P+](=O)c1c(c(C)n(-c3ccc(Br)cc3)c1C)[P+]2=O. The number of fused-ring (bicyclic) bond motifs is 2. The fourth-order valence-corrected chi connectivity index (χ4v) is 9.82. The zero-order valence-electron chi connectivity index (χ0n) is 18.0. The Hall–Kier alpha value is -1.84. The van der Waals surface area contributed by atoms with Gasteiger partial charge < -0.3 is 9.13 Å². The van der Waals surface area contributed by atoms with Gasteiger partial charge in [0.05, 0.1) is 22.8 Å². The van der Waals surface area contributed by atoms with Crippen LogP contribution in [0.4, 0.5) is 0 Å². The lowest BCUT2D eigenvalue weighted by Gasteiger charge is -2.08. The molecular weight excluding hydrogens is 570 g/mol. The zero-order valence-corrected chi connectivity index (χ0v) is 22.9. The van der Waals surface area contributed by atoms with Crippen LogP contribution in [0.25, 0.3) is 11.4 Å². The second-order valence-electron chi connectivity index (χ2n) is 7.95. The first-order valence-corrected chi connectivity index (χ1v) is 14.2. The summed E-state index contributed by atoms with van der Waals surface area (Å²) in [5.74, 6) is 0. The van der Waals surface area contributed by atoms with Crippen LogP contribution in [-0.4, -0.2) is 9.13 Å². The summed E-state index contributed by atoms with van der Waals surface area (Å²) in [4.78, 5) is 0. The van der Waals surface area contributed by atoms with E-state index < -0.39 is 15.6 Å². The highest BCUT2D eigenvalue weighted by atomic mass is 79.9. The molecule has 1 aliphatic heterocycles. The maximum Gasteiger partial charge on any atom is 0.429 e. The molecule has 2 aromatic heterocycles. The lowest BCUT2D eigenvalue weighted by molar-refractivity contribution is 0.594. The summed E-state index contributed by atoms with van der Waals surface area (Å²) >= 11 is 6.97. The van der Waals surface area contributed by atoms with Gasteiger partial charge in [-0.3, -0.25) is 0 Å². The summed E-state index contributed by atoms with van der Waals surface area (Å²) in [6.07, 6.45) is 0. The number of benzene rings is 2. The van der Waals surface area contributed by atoms with Crippen LogP contribution in [0.2, 0.25) is 0 Å². The van der Waals surface area contributed by atoms with Crippen LogP contribution >= 0.6 is 47.5 Å². The van der Waals surface area contributed by atoms with E-state index in [9.17, 15) is 9.13 Å². The standard InChI is InChI=1S/C24H20Br2N2O2P2/c1-13-21-22(14(2)27(13)19-9-5-17(25)6-10-19)32(30)24-16(4)28(15(3)23(24)31(21)29)20-11-7-18(26)8-12-20/h5-12H,1-4H3/q+2. The third kappa shape index (κ3) is 3.08. The molecule has 0 saturated carbocycles. The van der Waals surface area contributed by atoms with E-state index in [1.165, 1.54) is 0 Å². The molecule has 0 aliphatic carbocycles. The quantitative estimate of drug-likeness (QED) is 0.241. The van der Waals surface area contributed by atoms with Crippen LogP contribution in [0, 0.1) is 27.7 Å². The Morgan fingerprint density at radius 3 is 1.03 bits per heavy atom. The van der Waals surface area contributed by atoms with E-state index in [0.29, 0.717) is 0 Å². The third-order valence-corrected chi connectivity index (χ3v) is 11.4. The fraction of sp³-hybridized carbons (Fsp3) is 0.167. The summed E-state index contributed by atoms with van der Waals surface area (Å²) in [7, 11) is -3.74. The minimum atomic E-state index is -1.87. The largest absolute Gasteiger partial charge is 0.429 e. The van der Waals surface area contributed by atoms with Gasteiger partial charge in [0.25, 0.3) is 21.2 Å². The lowest BCUT2D eigenvalue weighted by Crippen LogP contribution is -2.35. The molecule has 32 heavy (non-hydrogen) atoms. The minimum absolute atomic E-state index is 0.727. The van der Waals surface area contributed by atoms with Crippen molar-refractivity contribution in [3.63, 3.8) is 0 Å². The van der Waals surface area contributed by atoms with Gasteiger partial charge in [0, 0.05) is 20.3 Å². The van der Waals surface area contributed by atoms with Crippen molar-refractivity contribution in [1.29, 1.82) is 0 Å². The van der Waals surface area contributed by atoms with Gasteiger partial charge in [-0.25, -0.2) is 0 Å². The van der Waals surface area contributed by atoms with Gasteiger partial charge in [-0.1, -0.05) is 41.0 Å². The smallest absolute Gasteiger partial charge is 0.309 e. The molecule has 3 heterocycles. The second kappa shape index (κ2) is 7.88. The van der Waals surface area contributed by atoms with E-state index in [1.807, 2.05) is 76.2 Å². The summed E-state index contributed by atoms with van der Waals surface area (Å²) in [6, 6.07) is 16.0. The zero-order chi connectivity index (χ0) is 22.9. The van der Waals surface area contributed by atoms with E-state index in [2.05, 4.69) is 41.0 Å². The first kappa shape index (κ1) is 22.0. The van der Waals surface area contributed by atoms with Gasteiger partial charge in [-0.15, -0.1) is 0 Å². The Morgan fingerprint density at radius 1 is 0.531 bits per heavy atom. The Kier molecular flexibility index (Phi) is 5.41. The maximum atomic E-state index is 14.0. The molecular formula is C24H20Br2N2O2P2+2. The summed E-state index contributed by atoms with van der Waals surface area (Å²) in [5.41, 5.74) is 5.52. The number of halogens is 2. The van der Waals surface area contributed by atoms with Crippen molar-refractivity contribution in [2.75, 3.05) is 0 Å². The minimum Gasteiger partial charge on any atom is -0.309 e. The molecule has 2 aromatic carbocycles. The molecule has 0 spiro atoms. The summed E-state index contributed by atoms with van der Waals surface area (Å²) in [6.45, 7) is 7.90. The molecule has 0 unspecified atom stereocenters. The summed E-state index contributed by atoms with van der Waals surface area (Å²) < 4.78 is 34.1. The molecule has 0 amide bonds. The van der Waals surface area contributed by atoms with Crippen molar-refractivity contribution in [3.05, 3.63) is 80.3 Å². The van der Waals surface area contributed by atoms with Crippen molar-refractivity contribution in [1.82, 2.24) is 9.13 Å². The predicted molar refractivity (Wildman–Crippen MR) is 140 cm³/mol. The Balaban J connectivity index is 1.75. The van der Waals surface area contributed by atoms with E-state index in [4.69, 9.17) is 0 Å². The van der Waals surface area contributed by atoms with E-state index in [-0.39, 0.29) is 0 Å². The van der Waals surface area contributed by atoms with Gasteiger partial charge in [0.15, 0.2) is 0 Å². The van der Waals surface area contributed by atoms with Gasteiger partial charge in [0.2, 0.25) is 0 Å². The number of hydrogen-bond donors (Lipinski definition) is 0. The monoisotopic (exact) mass is 588 g/mol. The molecule has 0 fully saturated rings. The molecule has 1 aliphatic rings. The van der Waals surface area contributed by atoms with E-state index >= 15 is 0 Å². The molecule has 0 saturated heterocycles. The Bertz CT molecular complexity index is 1280. The van der Waals surface area contributed by atoms with Gasteiger partial charge in [-0.05, 0) is 76.2 Å². The molecule has 5 rings (SSSR count). The average molecular weight is 590 g/mol. The normalized spacial score (nSPS) is 15.1. The topological polar surface area (TPSA) is 44.0 Å². The van der Waals surface area contributed by atoms with Gasteiger partial charge >= 0.3 is 15.6 Å². The van der Waals surface area contributed by atoms with Crippen LogP contribution in [0.1, 0.15) is 22.8 Å². The van der Waals surface area contributed by atoms with Crippen LogP contribution in [0.3, 0.4) is 0 Å². The fourth-order valence-electron chi connectivity index (χ4n) is 4.76. The highest BCUT2D eigenvalue weighted by molar-refractivity contribution is 9.10. The first-order chi connectivity index (χ1) is 15.2. The molecule has 0 N–H and O–H groups in total. The van der Waals surface area contributed by atoms with Crippen molar-refractivity contribution in [3.8, 4) is 11.4 Å². The van der Waals surface area contributed by atoms with Crippen molar-refractivity contribution >= 4 is 68.7 Å². The Morgan fingerprint density at radius 2 is 0.781 bits per heavy atom. The average Bonchev–Trinajstić information content (AvgIpc) is 3.18. The predicted octanol–water partition coefficient (Wildman–Crippen LogP) is 5.90. The third-order valence-electron chi connectivity index (χ3n) is 6.14. The lowest BCUT2D eigenvalue weighted by atomic mass is 10.3. The maximum absolute atomic E-state index is 14.0. The highest BCUT2D eigenvalue weighted by Gasteiger charge is 2.57. The van der Waals surface area contributed by atoms with Crippen molar-refractivity contribution in [2.24, 2.45) is 0 Å². The molecule has 0 atom stereocenters.